The number of thioether (sulfide) groups is 1. The summed E-state index contributed by atoms with van der Waals surface area (Å²) < 4.78 is 5.72. The molecule has 0 saturated heterocycles. The average Bonchev–Trinajstić information content (AvgIpc) is 3.34. The minimum absolute atomic E-state index is 0.318. The van der Waals surface area contributed by atoms with Crippen molar-refractivity contribution >= 4 is 17.9 Å². The van der Waals surface area contributed by atoms with Gasteiger partial charge in [0, 0.05) is 30.5 Å². The van der Waals surface area contributed by atoms with E-state index in [1.165, 1.54) is 16.7 Å². The number of hydrogen-bond acceptors (Lipinski definition) is 3. The average molecular weight is 542 g/mol. The maximum absolute atomic E-state index is 13.4. The van der Waals surface area contributed by atoms with E-state index in [2.05, 4.69) is 115 Å². The van der Waals surface area contributed by atoms with Gasteiger partial charge in [-0.05, 0) is 27.8 Å². The lowest BCUT2D eigenvalue weighted by molar-refractivity contribution is 0.0879. The van der Waals surface area contributed by atoms with E-state index in [9.17, 15) is 4.79 Å². The summed E-state index contributed by atoms with van der Waals surface area (Å²) in [4.78, 5) is 15.1. The standard InChI is InChI=1S/C36H31NO2S/c1-37(35(38)39-34-32-23-13-11-21-30(32)31-22-12-14-24-33(31)34)25-26-40-36(27-15-5-2-6-16-27,28-17-7-3-8-18-28)29-19-9-4-10-20-29/h2-24,34H,25-26H2,1H3. The summed E-state index contributed by atoms with van der Waals surface area (Å²) in [5, 5.41) is 0. The van der Waals surface area contributed by atoms with Crippen LogP contribution in [0, 0.1) is 0 Å². The smallest absolute Gasteiger partial charge is 0.410 e. The van der Waals surface area contributed by atoms with Gasteiger partial charge in [-0.25, -0.2) is 4.79 Å². The molecule has 0 spiro atoms. The van der Waals surface area contributed by atoms with Crippen molar-refractivity contribution in [2.24, 2.45) is 0 Å². The maximum atomic E-state index is 13.4. The highest BCUT2D eigenvalue weighted by Gasteiger charge is 2.37. The third-order valence-corrected chi connectivity index (χ3v) is 9.12. The van der Waals surface area contributed by atoms with Gasteiger partial charge in [0.15, 0.2) is 6.10 Å². The number of hydrogen-bond donors (Lipinski definition) is 0. The van der Waals surface area contributed by atoms with Gasteiger partial charge in [0.1, 0.15) is 0 Å². The van der Waals surface area contributed by atoms with Gasteiger partial charge in [-0.3, -0.25) is 0 Å². The van der Waals surface area contributed by atoms with Crippen LogP contribution in [0.1, 0.15) is 33.9 Å². The molecule has 198 valence electrons. The van der Waals surface area contributed by atoms with Crippen molar-refractivity contribution in [3.05, 3.63) is 167 Å². The molecule has 0 unspecified atom stereocenters. The third kappa shape index (κ3) is 4.80. The Morgan fingerprint density at radius 3 is 1.50 bits per heavy atom. The first kappa shape index (κ1) is 26.0. The summed E-state index contributed by atoms with van der Waals surface area (Å²) >= 11 is 1.84. The van der Waals surface area contributed by atoms with Gasteiger partial charge in [-0.1, -0.05) is 140 Å². The Morgan fingerprint density at radius 2 is 1.05 bits per heavy atom. The number of ether oxygens (including phenoxy) is 1. The van der Waals surface area contributed by atoms with E-state index in [0.29, 0.717) is 6.54 Å². The van der Waals surface area contributed by atoms with Gasteiger partial charge < -0.3 is 9.64 Å². The van der Waals surface area contributed by atoms with Crippen LogP contribution in [0.15, 0.2) is 140 Å². The number of rotatable bonds is 8. The summed E-state index contributed by atoms with van der Waals surface area (Å²) in [5.74, 6) is 0.724. The Kier molecular flexibility index (Phi) is 7.43. The number of carbonyl (C=O) groups excluding carboxylic acids is 1. The molecule has 0 N–H and O–H groups in total. The van der Waals surface area contributed by atoms with E-state index in [4.69, 9.17) is 4.74 Å². The molecule has 1 aliphatic carbocycles. The molecule has 0 aliphatic heterocycles. The molecule has 0 radical (unpaired) electrons. The molecule has 5 aromatic rings. The van der Waals surface area contributed by atoms with E-state index >= 15 is 0 Å². The second kappa shape index (κ2) is 11.4. The van der Waals surface area contributed by atoms with Gasteiger partial charge in [-0.2, -0.15) is 0 Å². The van der Waals surface area contributed by atoms with E-state index < -0.39 is 10.9 Å². The molecule has 5 aromatic carbocycles. The predicted molar refractivity (Wildman–Crippen MR) is 164 cm³/mol. The van der Waals surface area contributed by atoms with E-state index in [1.54, 1.807) is 4.90 Å². The van der Waals surface area contributed by atoms with E-state index in [0.717, 1.165) is 28.0 Å². The normalized spacial score (nSPS) is 12.4. The fraction of sp³-hybridized carbons (Fsp3) is 0.139. The molecule has 0 bridgehead atoms. The molecule has 0 heterocycles. The van der Waals surface area contributed by atoms with E-state index in [1.807, 2.05) is 43.1 Å². The monoisotopic (exact) mass is 541 g/mol. The molecule has 40 heavy (non-hydrogen) atoms. The molecule has 6 rings (SSSR count). The van der Waals surface area contributed by atoms with Gasteiger partial charge in [0.05, 0.1) is 4.75 Å². The quantitative estimate of drug-likeness (QED) is 0.184. The molecule has 4 heteroatoms. The first-order valence-electron chi connectivity index (χ1n) is 13.6. The predicted octanol–water partition coefficient (Wildman–Crippen LogP) is 8.55. The van der Waals surface area contributed by atoms with Gasteiger partial charge in [0.25, 0.3) is 0 Å². The lowest BCUT2D eigenvalue weighted by atomic mass is 9.84. The van der Waals surface area contributed by atoms with Crippen LogP contribution in [-0.4, -0.2) is 30.3 Å². The van der Waals surface area contributed by atoms with Crippen molar-refractivity contribution in [3.63, 3.8) is 0 Å². The SMILES string of the molecule is CN(CCSC(c1ccccc1)(c1ccccc1)c1ccccc1)C(=O)OC1c2ccccc2-c2ccccc21. The third-order valence-electron chi connectivity index (χ3n) is 7.59. The topological polar surface area (TPSA) is 29.5 Å². The molecule has 1 amide bonds. The van der Waals surface area contributed by atoms with Crippen LogP contribution < -0.4 is 0 Å². The second-order valence-corrected chi connectivity index (χ2v) is 11.3. The van der Waals surface area contributed by atoms with Crippen LogP contribution >= 0.6 is 11.8 Å². The van der Waals surface area contributed by atoms with Crippen LogP contribution in [0.2, 0.25) is 0 Å². The summed E-state index contributed by atoms with van der Waals surface area (Å²) in [6.07, 6.45) is -0.714. The fourth-order valence-corrected chi connectivity index (χ4v) is 7.20. The van der Waals surface area contributed by atoms with Crippen LogP contribution in [0.4, 0.5) is 4.79 Å². The van der Waals surface area contributed by atoms with Crippen LogP contribution in [-0.2, 0) is 9.48 Å². The Morgan fingerprint density at radius 1 is 0.650 bits per heavy atom. The summed E-state index contributed by atoms with van der Waals surface area (Å²) in [6, 6.07) is 48.3. The first-order valence-corrected chi connectivity index (χ1v) is 14.6. The minimum atomic E-state index is -0.419. The van der Waals surface area contributed by atoms with Gasteiger partial charge >= 0.3 is 6.09 Å². The molecule has 0 aromatic heterocycles. The van der Waals surface area contributed by atoms with Crippen molar-refractivity contribution in [2.45, 2.75) is 10.9 Å². The van der Waals surface area contributed by atoms with Crippen molar-refractivity contribution < 1.29 is 9.53 Å². The molecule has 0 atom stereocenters. The fourth-order valence-electron chi connectivity index (χ4n) is 5.62. The zero-order valence-corrected chi connectivity index (χ0v) is 23.3. The highest BCUT2D eigenvalue weighted by Crippen LogP contribution is 2.48. The number of amides is 1. The van der Waals surface area contributed by atoms with Crippen molar-refractivity contribution in [2.75, 3.05) is 19.3 Å². The largest absolute Gasteiger partial charge is 0.436 e. The van der Waals surface area contributed by atoms with Crippen molar-refractivity contribution in [1.82, 2.24) is 4.90 Å². The van der Waals surface area contributed by atoms with Crippen molar-refractivity contribution in [1.29, 1.82) is 0 Å². The number of carbonyl (C=O) groups is 1. The zero-order chi connectivity index (χ0) is 27.4. The van der Waals surface area contributed by atoms with Crippen LogP contribution in [0.25, 0.3) is 11.1 Å². The van der Waals surface area contributed by atoms with Crippen LogP contribution in [0.3, 0.4) is 0 Å². The molecule has 3 nitrogen and oxygen atoms in total. The molecular formula is C36H31NO2S. The Bertz CT molecular complexity index is 1450. The first-order chi connectivity index (χ1) is 19.7. The number of fused-ring (bicyclic) bond motifs is 3. The van der Waals surface area contributed by atoms with E-state index in [-0.39, 0.29) is 6.09 Å². The summed E-state index contributed by atoms with van der Waals surface area (Å²) in [5.41, 5.74) is 7.97. The second-order valence-electron chi connectivity index (χ2n) is 9.99. The summed E-state index contributed by atoms with van der Waals surface area (Å²) in [7, 11) is 1.82. The lowest BCUT2D eigenvalue weighted by Gasteiger charge is -2.36. The number of nitrogens with zero attached hydrogens (tertiary/aromatic N) is 1. The van der Waals surface area contributed by atoms with Gasteiger partial charge in [-0.15, -0.1) is 11.8 Å². The minimum Gasteiger partial charge on any atom is -0.436 e. The van der Waals surface area contributed by atoms with Gasteiger partial charge in [0.2, 0.25) is 0 Å². The highest BCUT2D eigenvalue weighted by atomic mass is 32.2. The summed E-state index contributed by atoms with van der Waals surface area (Å²) in [6.45, 7) is 0.549. The molecule has 1 aliphatic rings. The molecular weight excluding hydrogens is 510 g/mol. The van der Waals surface area contributed by atoms with Crippen molar-refractivity contribution in [3.8, 4) is 11.1 Å². The van der Waals surface area contributed by atoms with Crippen LogP contribution in [0.5, 0.6) is 0 Å². The Hall–Kier alpha value is -4.28. The molecule has 0 fully saturated rings. The Labute approximate surface area is 240 Å². The number of benzene rings is 5. The molecule has 0 saturated carbocycles. The highest BCUT2D eigenvalue weighted by molar-refractivity contribution is 8.00. The zero-order valence-electron chi connectivity index (χ0n) is 22.4. The Balaban J connectivity index is 1.24. The maximum Gasteiger partial charge on any atom is 0.410 e. The lowest BCUT2D eigenvalue weighted by Crippen LogP contribution is -2.33.